The molecule has 0 aromatic heterocycles. The van der Waals surface area contributed by atoms with E-state index < -0.39 is 11.6 Å². The fourth-order valence-corrected chi connectivity index (χ4v) is 2.04. The van der Waals surface area contributed by atoms with E-state index in [1.807, 2.05) is 0 Å². The average molecular weight is 238 g/mol. The molecule has 1 aliphatic heterocycles. The first kappa shape index (κ1) is 11.9. The minimum Gasteiger partial charge on any atom is -0.505 e. The van der Waals surface area contributed by atoms with Crippen molar-refractivity contribution >= 4 is 5.91 Å². The molecular formula is C12H15FN2O2. The fourth-order valence-electron chi connectivity index (χ4n) is 2.04. The summed E-state index contributed by atoms with van der Waals surface area (Å²) in [4.78, 5) is 13.7. The Morgan fingerprint density at radius 1 is 1.59 bits per heavy atom. The van der Waals surface area contributed by atoms with E-state index in [2.05, 4.69) is 0 Å². The second-order valence-electron chi connectivity index (χ2n) is 4.31. The molecule has 0 unspecified atom stereocenters. The first-order valence-corrected chi connectivity index (χ1v) is 5.59. The lowest BCUT2D eigenvalue weighted by Gasteiger charge is -2.16. The normalized spacial score (nSPS) is 19.6. The number of rotatable bonds is 2. The van der Waals surface area contributed by atoms with Crippen LogP contribution in [0, 0.1) is 11.7 Å². The van der Waals surface area contributed by atoms with Gasteiger partial charge < -0.3 is 15.7 Å². The van der Waals surface area contributed by atoms with Gasteiger partial charge >= 0.3 is 0 Å². The van der Waals surface area contributed by atoms with Gasteiger partial charge in [0.25, 0.3) is 5.91 Å². The molecule has 5 heteroatoms. The molecule has 1 fully saturated rings. The molecule has 1 aromatic carbocycles. The van der Waals surface area contributed by atoms with Gasteiger partial charge in [-0.25, -0.2) is 4.39 Å². The van der Waals surface area contributed by atoms with E-state index in [1.54, 1.807) is 4.90 Å². The summed E-state index contributed by atoms with van der Waals surface area (Å²) in [6.45, 7) is 1.87. The highest BCUT2D eigenvalue weighted by Crippen LogP contribution is 2.21. The summed E-state index contributed by atoms with van der Waals surface area (Å²) in [5.41, 5.74) is 5.86. The Morgan fingerprint density at radius 2 is 2.35 bits per heavy atom. The van der Waals surface area contributed by atoms with Gasteiger partial charge in [0.15, 0.2) is 11.6 Å². The van der Waals surface area contributed by atoms with E-state index in [0.29, 0.717) is 31.1 Å². The van der Waals surface area contributed by atoms with E-state index in [-0.39, 0.29) is 5.91 Å². The summed E-state index contributed by atoms with van der Waals surface area (Å²) in [7, 11) is 0. The monoisotopic (exact) mass is 238 g/mol. The highest BCUT2D eigenvalue weighted by molar-refractivity contribution is 5.94. The van der Waals surface area contributed by atoms with Crippen LogP contribution in [0.5, 0.6) is 5.75 Å². The number of likely N-dealkylation sites (tertiary alicyclic amines) is 1. The number of nitrogens with zero attached hydrogens (tertiary/aromatic N) is 1. The lowest BCUT2D eigenvalue weighted by Crippen LogP contribution is -2.29. The molecule has 1 aliphatic rings. The Labute approximate surface area is 98.8 Å². The van der Waals surface area contributed by atoms with Crippen LogP contribution in [0.25, 0.3) is 0 Å². The molecular weight excluding hydrogens is 223 g/mol. The van der Waals surface area contributed by atoms with Crippen molar-refractivity contribution in [3.63, 3.8) is 0 Å². The summed E-state index contributed by atoms with van der Waals surface area (Å²) >= 11 is 0. The van der Waals surface area contributed by atoms with Crippen LogP contribution >= 0.6 is 0 Å². The van der Waals surface area contributed by atoms with E-state index in [0.717, 1.165) is 18.6 Å². The number of carbonyl (C=O) groups is 1. The molecule has 1 heterocycles. The molecule has 1 amide bonds. The van der Waals surface area contributed by atoms with Crippen molar-refractivity contribution in [1.82, 2.24) is 4.90 Å². The van der Waals surface area contributed by atoms with Crippen LogP contribution in [-0.4, -0.2) is 35.5 Å². The number of nitrogens with two attached hydrogens (primary N) is 1. The molecule has 17 heavy (non-hydrogen) atoms. The third kappa shape index (κ3) is 2.39. The minimum atomic E-state index is -0.720. The number of phenols is 1. The highest BCUT2D eigenvalue weighted by atomic mass is 19.1. The maximum Gasteiger partial charge on any atom is 0.254 e. The molecule has 1 saturated heterocycles. The van der Waals surface area contributed by atoms with Crippen molar-refractivity contribution in [3.8, 4) is 5.75 Å². The second kappa shape index (κ2) is 4.71. The largest absolute Gasteiger partial charge is 0.505 e. The van der Waals surface area contributed by atoms with Gasteiger partial charge in [-0.3, -0.25) is 4.79 Å². The summed E-state index contributed by atoms with van der Waals surface area (Å²) < 4.78 is 12.9. The average Bonchev–Trinajstić information content (AvgIpc) is 2.80. The Hall–Kier alpha value is -1.62. The second-order valence-corrected chi connectivity index (χ2v) is 4.31. The SMILES string of the molecule is NC[C@@H]1CCN(C(=O)c2ccc(F)c(O)c2)C1. The molecule has 0 spiro atoms. The molecule has 92 valence electrons. The maximum absolute atomic E-state index is 12.9. The van der Waals surface area contributed by atoms with Crippen LogP contribution in [-0.2, 0) is 0 Å². The van der Waals surface area contributed by atoms with Crippen LogP contribution < -0.4 is 5.73 Å². The van der Waals surface area contributed by atoms with Gasteiger partial charge in [-0.2, -0.15) is 0 Å². The van der Waals surface area contributed by atoms with Gasteiger partial charge in [-0.05, 0) is 37.1 Å². The van der Waals surface area contributed by atoms with Gasteiger partial charge in [-0.1, -0.05) is 0 Å². The third-order valence-electron chi connectivity index (χ3n) is 3.10. The standard InChI is InChI=1S/C12H15FN2O2/c13-10-2-1-9(5-11(10)16)12(17)15-4-3-8(6-14)7-15/h1-2,5,8,16H,3-4,6-7,14H2/t8-/m0/s1. The number of aromatic hydroxyl groups is 1. The third-order valence-corrected chi connectivity index (χ3v) is 3.10. The quantitative estimate of drug-likeness (QED) is 0.806. The molecule has 1 aromatic rings. The molecule has 1 atom stereocenters. The number of amides is 1. The van der Waals surface area contributed by atoms with Gasteiger partial charge in [0, 0.05) is 18.7 Å². The van der Waals surface area contributed by atoms with Crippen molar-refractivity contribution in [2.45, 2.75) is 6.42 Å². The Bertz CT molecular complexity index is 437. The lowest BCUT2D eigenvalue weighted by atomic mass is 10.1. The van der Waals surface area contributed by atoms with Crippen molar-refractivity contribution in [2.75, 3.05) is 19.6 Å². The molecule has 0 saturated carbocycles. The molecule has 3 N–H and O–H groups in total. The predicted octanol–water partition coefficient (Wildman–Crippen LogP) is 0.952. The van der Waals surface area contributed by atoms with Gasteiger partial charge in [-0.15, -0.1) is 0 Å². The van der Waals surface area contributed by atoms with Crippen molar-refractivity contribution in [3.05, 3.63) is 29.6 Å². The zero-order chi connectivity index (χ0) is 12.4. The van der Waals surface area contributed by atoms with Crippen LogP contribution in [0.2, 0.25) is 0 Å². The van der Waals surface area contributed by atoms with E-state index in [9.17, 15) is 14.3 Å². The smallest absolute Gasteiger partial charge is 0.254 e. The van der Waals surface area contributed by atoms with Crippen molar-refractivity contribution < 1.29 is 14.3 Å². The topological polar surface area (TPSA) is 66.6 Å². The van der Waals surface area contributed by atoms with Crippen LogP contribution in [0.4, 0.5) is 4.39 Å². The van der Waals surface area contributed by atoms with Crippen molar-refractivity contribution in [2.24, 2.45) is 11.7 Å². The molecule has 0 bridgehead atoms. The fraction of sp³-hybridized carbons (Fsp3) is 0.417. The number of hydrogen-bond donors (Lipinski definition) is 2. The van der Waals surface area contributed by atoms with Gasteiger partial charge in [0.05, 0.1) is 0 Å². The summed E-state index contributed by atoms with van der Waals surface area (Å²) in [5, 5.41) is 9.22. The number of phenolic OH excluding ortho intramolecular Hbond substituents is 1. The van der Waals surface area contributed by atoms with Crippen LogP contribution in [0.1, 0.15) is 16.8 Å². The molecule has 4 nitrogen and oxygen atoms in total. The lowest BCUT2D eigenvalue weighted by molar-refractivity contribution is 0.0787. The van der Waals surface area contributed by atoms with E-state index in [4.69, 9.17) is 5.73 Å². The predicted molar refractivity (Wildman–Crippen MR) is 61.1 cm³/mol. The van der Waals surface area contributed by atoms with E-state index in [1.165, 1.54) is 6.07 Å². The first-order valence-electron chi connectivity index (χ1n) is 5.59. The molecule has 2 rings (SSSR count). The number of hydrogen-bond acceptors (Lipinski definition) is 3. The Balaban J connectivity index is 2.12. The highest BCUT2D eigenvalue weighted by Gasteiger charge is 2.26. The maximum atomic E-state index is 12.9. The first-order chi connectivity index (χ1) is 8.11. The Kier molecular flexibility index (Phi) is 3.28. The summed E-state index contributed by atoms with van der Waals surface area (Å²) in [5.74, 6) is -1.06. The van der Waals surface area contributed by atoms with Crippen LogP contribution in [0.15, 0.2) is 18.2 Å². The zero-order valence-corrected chi connectivity index (χ0v) is 9.40. The zero-order valence-electron chi connectivity index (χ0n) is 9.40. The van der Waals surface area contributed by atoms with Gasteiger partial charge in [0.1, 0.15) is 0 Å². The number of carbonyl (C=O) groups excluding carboxylic acids is 1. The Morgan fingerprint density at radius 3 is 2.94 bits per heavy atom. The number of benzene rings is 1. The molecule has 0 radical (unpaired) electrons. The van der Waals surface area contributed by atoms with Crippen molar-refractivity contribution in [1.29, 1.82) is 0 Å². The van der Waals surface area contributed by atoms with E-state index >= 15 is 0 Å². The summed E-state index contributed by atoms with van der Waals surface area (Å²) in [6, 6.07) is 3.64. The minimum absolute atomic E-state index is 0.184. The molecule has 0 aliphatic carbocycles. The summed E-state index contributed by atoms with van der Waals surface area (Å²) in [6.07, 6.45) is 0.898. The number of halogens is 1. The van der Waals surface area contributed by atoms with Gasteiger partial charge in [0.2, 0.25) is 0 Å². The van der Waals surface area contributed by atoms with Crippen LogP contribution in [0.3, 0.4) is 0 Å².